The van der Waals surface area contributed by atoms with Crippen LogP contribution in [-0.2, 0) is 4.79 Å². The number of amides is 2. The summed E-state index contributed by atoms with van der Waals surface area (Å²) in [7, 11) is 0. The third kappa shape index (κ3) is 3.75. The van der Waals surface area contributed by atoms with E-state index in [9.17, 15) is 9.59 Å². The molecule has 6 nitrogen and oxygen atoms in total. The summed E-state index contributed by atoms with van der Waals surface area (Å²) in [5.74, 6) is -0.0684. The maximum absolute atomic E-state index is 12.8. The summed E-state index contributed by atoms with van der Waals surface area (Å²) in [6.07, 6.45) is 9.05. The van der Waals surface area contributed by atoms with Gasteiger partial charge in [-0.05, 0) is 54.7 Å². The molecule has 0 atom stereocenters. The van der Waals surface area contributed by atoms with Crippen LogP contribution in [0.15, 0.2) is 67.0 Å². The van der Waals surface area contributed by atoms with Crippen molar-refractivity contribution in [1.82, 2.24) is 14.9 Å². The first-order valence-electron chi connectivity index (χ1n) is 10.8. The van der Waals surface area contributed by atoms with Gasteiger partial charge in [-0.2, -0.15) is 0 Å². The molecule has 5 rings (SSSR count). The predicted octanol–water partition coefficient (Wildman–Crippen LogP) is 4.23. The number of aromatic nitrogens is 2. The van der Waals surface area contributed by atoms with Gasteiger partial charge in [0.05, 0.1) is 5.52 Å². The van der Waals surface area contributed by atoms with Crippen LogP contribution >= 0.6 is 0 Å². The lowest BCUT2D eigenvalue weighted by molar-refractivity contribution is -0.126. The van der Waals surface area contributed by atoms with E-state index in [-0.39, 0.29) is 5.91 Å². The van der Waals surface area contributed by atoms with Crippen molar-refractivity contribution < 1.29 is 9.59 Å². The van der Waals surface area contributed by atoms with Crippen molar-refractivity contribution in [2.45, 2.75) is 18.8 Å². The number of pyridine rings is 1. The molecule has 0 aliphatic carbocycles. The van der Waals surface area contributed by atoms with Crippen molar-refractivity contribution >= 4 is 39.7 Å². The quantitative estimate of drug-likeness (QED) is 0.480. The summed E-state index contributed by atoms with van der Waals surface area (Å²) >= 11 is 0. The Balaban J connectivity index is 1.28. The van der Waals surface area contributed by atoms with Gasteiger partial charge in [0.25, 0.3) is 0 Å². The number of hydrogen-bond acceptors (Lipinski definition) is 3. The standard InChI is InChI=1S/C26H24N4O2/c27-26(32)20-6-8-23-21(15-20)22(16-29-23)17-10-13-30(14-11-17)24(31)9-7-19-4-1-3-18-5-2-12-28-25(18)19/h1-9,12,15-17,29H,10-11,13-14H2,(H2,27,32)/b9-7+. The Morgan fingerprint density at radius 3 is 2.72 bits per heavy atom. The second-order valence-corrected chi connectivity index (χ2v) is 8.22. The number of piperidine rings is 1. The molecule has 1 fully saturated rings. The van der Waals surface area contributed by atoms with Gasteiger partial charge in [-0.1, -0.05) is 24.3 Å². The molecule has 0 spiro atoms. The van der Waals surface area contributed by atoms with E-state index in [1.165, 1.54) is 5.56 Å². The van der Waals surface area contributed by atoms with Gasteiger partial charge in [-0.15, -0.1) is 0 Å². The van der Waals surface area contributed by atoms with Gasteiger partial charge in [0.1, 0.15) is 0 Å². The highest BCUT2D eigenvalue weighted by molar-refractivity contribution is 5.98. The van der Waals surface area contributed by atoms with Crippen molar-refractivity contribution in [2.75, 3.05) is 13.1 Å². The second-order valence-electron chi connectivity index (χ2n) is 8.22. The third-order valence-electron chi connectivity index (χ3n) is 6.31. The van der Waals surface area contributed by atoms with Crippen LogP contribution in [0.5, 0.6) is 0 Å². The molecule has 32 heavy (non-hydrogen) atoms. The molecule has 2 aromatic heterocycles. The van der Waals surface area contributed by atoms with Crippen LogP contribution < -0.4 is 5.73 Å². The molecule has 0 saturated carbocycles. The number of carbonyl (C=O) groups excluding carboxylic acids is 2. The van der Waals surface area contributed by atoms with Crippen LogP contribution in [0.2, 0.25) is 0 Å². The minimum absolute atomic E-state index is 0.0197. The Hall–Kier alpha value is -3.93. The highest BCUT2D eigenvalue weighted by Crippen LogP contribution is 2.33. The lowest BCUT2D eigenvalue weighted by atomic mass is 9.89. The van der Waals surface area contributed by atoms with Gasteiger partial charge in [0.15, 0.2) is 0 Å². The smallest absolute Gasteiger partial charge is 0.248 e. The average Bonchev–Trinajstić information content (AvgIpc) is 3.26. The highest BCUT2D eigenvalue weighted by atomic mass is 16.2. The number of aromatic amines is 1. The largest absolute Gasteiger partial charge is 0.366 e. The fourth-order valence-electron chi connectivity index (χ4n) is 4.57. The Morgan fingerprint density at radius 2 is 1.91 bits per heavy atom. The van der Waals surface area contributed by atoms with E-state index in [2.05, 4.69) is 9.97 Å². The fraction of sp³-hybridized carbons (Fsp3) is 0.192. The number of nitrogens with zero attached hydrogens (tertiary/aromatic N) is 2. The van der Waals surface area contributed by atoms with Crippen LogP contribution in [-0.4, -0.2) is 39.8 Å². The first kappa shape index (κ1) is 20.0. The summed E-state index contributed by atoms with van der Waals surface area (Å²) in [5.41, 5.74) is 9.98. The normalized spacial score (nSPS) is 15.1. The summed E-state index contributed by atoms with van der Waals surface area (Å²) in [4.78, 5) is 34.0. The topological polar surface area (TPSA) is 92.1 Å². The number of hydrogen-bond donors (Lipinski definition) is 2. The van der Waals surface area contributed by atoms with E-state index in [0.29, 0.717) is 24.6 Å². The molecule has 0 unspecified atom stereocenters. The first-order chi connectivity index (χ1) is 15.6. The molecular formula is C26H24N4O2. The maximum atomic E-state index is 12.8. The van der Waals surface area contributed by atoms with Gasteiger partial charge in [-0.25, -0.2) is 0 Å². The van der Waals surface area contributed by atoms with Crippen molar-refractivity contribution in [2.24, 2.45) is 5.73 Å². The fourth-order valence-corrected chi connectivity index (χ4v) is 4.57. The molecule has 1 saturated heterocycles. The molecule has 6 heteroatoms. The zero-order valence-corrected chi connectivity index (χ0v) is 17.6. The van der Waals surface area contributed by atoms with Crippen molar-refractivity contribution in [1.29, 1.82) is 0 Å². The molecule has 2 amide bonds. The lowest BCUT2D eigenvalue weighted by Gasteiger charge is -2.31. The molecule has 3 N–H and O–H groups in total. The van der Waals surface area contributed by atoms with Crippen LogP contribution in [0.4, 0.5) is 0 Å². The Morgan fingerprint density at radius 1 is 1.09 bits per heavy atom. The van der Waals surface area contributed by atoms with E-state index in [1.807, 2.05) is 59.6 Å². The van der Waals surface area contributed by atoms with E-state index < -0.39 is 5.91 Å². The number of benzene rings is 2. The SMILES string of the molecule is NC(=O)c1ccc2[nH]cc(C3CCN(C(=O)/C=C/c4cccc5cccnc45)CC3)c2c1. The molecular weight excluding hydrogens is 400 g/mol. The number of nitrogens with one attached hydrogen (secondary N) is 1. The molecule has 2 aromatic carbocycles. The summed E-state index contributed by atoms with van der Waals surface area (Å²) in [6.45, 7) is 1.40. The molecule has 0 radical (unpaired) electrons. The molecule has 1 aliphatic heterocycles. The van der Waals surface area contributed by atoms with Crippen LogP contribution in [0.1, 0.15) is 40.2 Å². The van der Waals surface area contributed by atoms with Crippen LogP contribution in [0.3, 0.4) is 0 Å². The molecule has 4 aromatic rings. The van der Waals surface area contributed by atoms with Gasteiger partial charge >= 0.3 is 0 Å². The number of H-pyrrole nitrogens is 1. The van der Waals surface area contributed by atoms with Crippen molar-refractivity contribution in [3.05, 3.63) is 83.7 Å². The Bertz CT molecular complexity index is 1340. The van der Waals surface area contributed by atoms with Crippen molar-refractivity contribution in [3.8, 4) is 0 Å². The first-order valence-corrected chi connectivity index (χ1v) is 10.8. The number of carbonyl (C=O) groups is 2. The minimum atomic E-state index is -0.423. The predicted molar refractivity (Wildman–Crippen MR) is 126 cm³/mol. The van der Waals surface area contributed by atoms with Gasteiger partial charge < -0.3 is 15.6 Å². The van der Waals surface area contributed by atoms with Gasteiger partial charge in [0.2, 0.25) is 11.8 Å². The number of likely N-dealkylation sites (tertiary alicyclic amines) is 1. The van der Waals surface area contributed by atoms with E-state index in [1.54, 1.807) is 18.3 Å². The number of fused-ring (bicyclic) bond motifs is 2. The van der Waals surface area contributed by atoms with Crippen LogP contribution in [0, 0.1) is 0 Å². The number of primary amides is 1. The van der Waals surface area contributed by atoms with Gasteiger partial charge in [0, 0.05) is 59.0 Å². The number of rotatable bonds is 4. The summed E-state index contributed by atoms with van der Waals surface area (Å²) in [5, 5.41) is 2.09. The van der Waals surface area contributed by atoms with E-state index in [4.69, 9.17) is 5.73 Å². The maximum Gasteiger partial charge on any atom is 0.248 e. The van der Waals surface area contributed by atoms with Gasteiger partial charge in [-0.3, -0.25) is 14.6 Å². The van der Waals surface area contributed by atoms with E-state index >= 15 is 0 Å². The molecule has 160 valence electrons. The molecule has 3 heterocycles. The minimum Gasteiger partial charge on any atom is -0.366 e. The van der Waals surface area contributed by atoms with E-state index in [0.717, 1.165) is 40.2 Å². The van der Waals surface area contributed by atoms with Crippen LogP contribution in [0.25, 0.3) is 27.9 Å². The monoisotopic (exact) mass is 424 g/mol. The number of nitrogens with two attached hydrogens (primary N) is 1. The lowest BCUT2D eigenvalue weighted by Crippen LogP contribution is -2.36. The zero-order valence-electron chi connectivity index (χ0n) is 17.6. The summed E-state index contributed by atoms with van der Waals surface area (Å²) in [6, 6.07) is 15.4. The number of para-hydroxylation sites is 1. The average molecular weight is 425 g/mol. The molecule has 0 bridgehead atoms. The third-order valence-corrected chi connectivity index (χ3v) is 6.31. The second kappa shape index (κ2) is 8.30. The zero-order chi connectivity index (χ0) is 22.1. The summed E-state index contributed by atoms with van der Waals surface area (Å²) < 4.78 is 0. The van der Waals surface area contributed by atoms with Crippen molar-refractivity contribution in [3.63, 3.8) is 0 Å². The Labute approximate surface area is 185 Å². The highest BCUT2D eigenvalue weighted by Gasteiger charge is 2.24. The molecule has 1 aliphatic rings. The Kier molecular flexibility index (Phi) is 5.19.